The van der Waals surface area contributed by atoms with Gasteiger partial charge in [-0.3, -0.25) is 14.4 Å². The van der Waals surface area contributed by atoms with Gasteiger partial charge in [-0.2, -0.15) is 0 Å². The molecule has 1 aliphatic heterocycles. The van der Waals surface area contributed by atoms with E-state index in [0.29, 0.717) is 19.4 Å². The van der Waals surface area contributed by atoms with Gasteiger partial charge in [0.15, 0.2) is 0 Å². The number of hydrogen-bond acceptors (Lipinski definition) is 5. The molecule has 1 saturated heterocycles. The van der Waals surface area contributed by atoms with Gasteiger partial charge in [-0.25, -0.2) is 4.79 Å². The second kappa shape index (κ2) is 7.58. The molecule has 1 fully saturated rings. The Kier molecular flexibility index (Phi) is 6.10. The van der Waals surface area contributed by atoms with Crippen molar-refractivity contribution in [1.29, 1.82) is 0 Å². The highest BCUT2D eigenvalue weighted by Crippen LogP contribution is 2.17. The molecule has 118 valence electrons. The zero-order chi connectivity index (χ0) is 16.0. The Morgan fingerprint density at radius 2 is 2.00 bits per heavy atom. The van der Waals surface area contributed by atoms with Crippen LogP contribution in [0.15, 0.2) is 0 Å². The van der Waals surface area contributed by atoms with Gasteiger partial charge in [0.2, 0.25) is 17.7 Å². The number of carbonyl (C=O) groups excluding carboxylic acids is 3. The third-order valence-electron chi connectivity index (χ3n) is 3.34. The molecule has 3 amide bonds. The first-order chi connectivity index (χ1) is 9.86. The Balaban J connectivity index is 2.66. The fourth-order valence-electron chi connectivity index (χ4n) is 2.27. The van der Waals surface area contributed by atoms with Crippen molar-refractivity contribution in [3.05, 3.63) is 0 Å². The van der Waals surface area contributed by atoms with E-state index in [9.17, 15) is 19.2 Å². The van der Waals surface area contributed by atoms with Gasteiger partial charge < -0.3 is 26.8 Å². The molecule has 0 spiro atoms. The van der Waals surface area contributed by atoms with Crippen LogP contribution < -0.4 is 16.8 Å². The van der Waals surface area contributed by atoms with Crippen LogP contribution in [0.3, 0.4) is 0 Å². The number of amides is 3. The number of carboxylic acid groups (broad SMARTS) is 1. The van der Waals surface area contributed by atoms with Gasteiger partial charge in [0.1, 0.15) is 12.1 Å². The van der Waals surface area contributed by atoms with Gasteiger partial charge in [-0.1, -0.05) is 0 Å². The molecule has 0 aliphatic carbocycles. The summed E-state index contributed by atoms with van der Waals surface area (Å²) in [4.78, 5) is 46.8. The summed E-state index contributed by atoms with van der Waals surface area (Å²) in [5, 5.41) is 11.4. The highest BCUT2D eigenvalue weighted by Gasteiger charge is 2.35. The van der Waals surface area contributed by atoms with E-state index in [2.05, 4.69) is 5.32 Å². The number of hydrogen-bond donors (Lipinski definition) is 4. The Morgan fingerprint density at radius 3 is 2.52 bits per heavy atom. The van der Waals surface area contributed by atoms with E-state index in [4.69, 9.17) is 16.6 Å². The molecule has 1 rings (SSSR count). The maximum absolute atomic E-state index is 12.1. The highest BCUT2D eigenvalue weighted by atomic mass is 16.4. The fourth-order valence-corrected chi connectivity index (χ4v) is 2.27. The van der Waals surface area contributed by atoms with Gasteiger partial charge in [-0.05, 0) is 19.3 Å². The SMILES string of the molecule is NCC(=O)N1CCC[C@H]1C(=O)NC(CCC(N)=O)C(=O)O. The van der Waals surface area contributed by atoms with Crippen molar-refractivity contribution in [3.63, 3.8) is 0 Å². The molecule has 0 bridgehead atoms. The number of aliphatic carboxylic acids is 1. The maximum Gasteiger partial charge on any atom is 0.326 e. The lowest BCUT2D eigenvalue weighted by Gasteiger charge is -2.25. The average Bonchev–Trinajstić information content (AvgIpc) is 2.91. The van der Waals surface area contributed by atoms with Crippen LogP contribution in [-0.4, -0.2) is 58.9 Å². The van der Waals surface area contributed by atoms with Crippen molar-refractivity contribution in [2.75, 3.05) is 13.1 Å². The lowest BCUT2D eigenvalue weighted by molar-refractivity contribution is -0.143. The third kappa shape index (κ3) is 4.71. The second-order valence-corrected chi connectivity index (χ2v) is 4.85. The summed E-state index contributed by atoms with van der Waals surface area (Å²) in [5.41, 5.74) is 10.2. The fraction of sp³-hybridized carbons (Fsp3) is 0.667. The van der Waals surface area contributed by atoms with Crippen LogP contribution in [0.4, 0.5) is 0 Å². The number of primary amides is 1. The molecule has 1 unspecified atom stereocenters. The number of rotatable bonds is 7. The molecule has 6 N–H and O–H groups in total. The van der Waals surface area contributed by atoms with Gasteiger partial charge >= 0.3 is 5.97 Å². The summed E-state index contributed by atoms with van der Waals surface area (Å²) < 4.78 is 0. The van der Waals surface area contributed by atoms with E-state index in [0.717, 1.165) is 0 Å². The van der Waals surface area contributed by atoms with E-state index in [1.54, 1.807) is 0 Å². The van der Waals surface area contributed by atoms with Gasteiger partial charge in [0.25, 0.3) is 0 Å². The molecule has 9 heteroatoms. The predicted octanol–water partition coefficient (Wildman–Crippen LogP) is -2.23. The number of likely N-dealkylation sites (tertiary alicyclic amines) is 1. The Bertz CT molecular complexity index is 439. The van der Waals surface area contributed by atoms with Crippen molar-refractivity contribution in [2.45, 2.75) is 37.8 Å². The zero-order valence-corrected chi connectivity index (χ0v) is 11.6. The molecule has 21 heavy (non-hydrogen) atoms. The molecule has 0 radical (unpaired) electrons. The monoisotopic (exact) mass is 300 g/mol. The van der Waals surface area contributed by atoms with Gasteiger partial charge in [0.05, 0.1) is 6.54 Å². The molecular formula is C12H20N4O5. The largest absolute Gasteiger partial charge is 0.480 e. The molecular weight excluding hydrogens is 280 g/mol. The van der Waals surface area contributed by atoms with Crippen molar-refractivity contribution in [1.82, 2.24) is 10.2 Å². The zero-order valence-electron chi connectivity index (χ0n) is 11.6. The number of carbonyl (C=O) groups is 4. The summed E-state index contributed by atoms with van der Waals surface area (Å²) in [6.07, 6.45) is 0.879. The summed E-state index contributed by atoms with van der Waals surface area (Å²) in [5.74, 6) is -2.79. The number of carboxylic acids is 1. The topological polar surface area (TPSA) is 156 Å². The number of nitrogens with one attached hydrogen (secondary N) is 1. The Labute approximate surface area is 121 Å². The van der Waals surface area contributed by atoms with Gasteiger partial charge in [0, 0.05) is 13.0 Å². The van der Waals surface area contributed by atoms with Crippen molar-refractivity contribution >= 4 is 23.7 Å². The molecule has 0 aromatic heterocycles. The van der Waals surface area contributed by atoms with Crippen LogP contribution in [-0.2, 0) is 19.2 Å². The second-order valence-electron chi connectivity index (χ2n) is 4.85. The molecule has 1 heterocycles. The summed E-state index contributed by atoms with van der Waals surface area (Å²) in [6, 6.07) is -1.92. The summed E-state index contributed by atoms with van der Waals surface area (Å²) >= 11 is 0. The minimum Gasteiger partial charge on any atom is -0.480 e. The quantitative estimate of drug-likeness (QED) is 0.417. The smallest absolute Gasteiger partial charge is 0.326 e. The van der Waals surface area contributed by atoms with Crippen molar-refractivity contribution in [3.8, 4) is 0 Å². The van der Waals surface area contributed by atoms with Crippen molar-refractivity contribution < 1.29 is 24.3 Å². The lowest BCUT2D eigenvalue weighted by Crippen LogP contribution is -2.52. The Morgan fingerprint density at radius 1 is 1.33 bits per heavy atom. The van der Waals surface area contributed by atoms with Crippen LogP contribution in [0.5, 0.6) is 0 Å². The number of nitrogens with zero attached hydrogens (tertiary/aromatic N) is 1. The van der Waals surface area contributed by atoms with Crippen LogP contribution >= 0.6 is 0 Å². The molecule has 2 atom stereocenters. The van der Waals surface area contributed by atoms with E-state index >= 15 is 0 Å². The third-order valence-corrected chi connectivity index (χ3v) is 3.34. The van der Waals surface area contributed by atoms with Crippen LogP contribution in [0, 0.1) is 0 Å². The lowest BCUT2D eigenvalue weighted by atomic mass is 10.1. The number of nitrogens with two attached hydrogens (primary N) is 2. The average molecular weight is 300 g/mol. The highest BCUT2D eigenvalue weighted by molar-refractivity contribution is 5.91. The van der Waals surface area contributed by atoms with Crippen LogP contribution in [0.2, 0.25) is 0 Å². The first-order valence-electron chi connectivity index (χ1n) is 6.67. The van der Waals surface area contributed by atoms with E-state index in [-0.39, 0.29) is 25.3 Å². The molecule has 1 aliphatic rings. The van der Waals surface area contributed by atoms with Crippen LogP contribution in [0.25, 0.3) is 0 Å². The van der Waals surface area contributed by atoms with Crippen LogP contribution in [0.1, 0.15) is 25.7 Å². The minimum absolute atomic E-state index is 0.0893. The molecule has 0 aromatic rings. The van der Waals surface area contributed by atoms with E-state index < -0.39 is 29.9 Å². The first kappa shape index (κ1) is 16.9. The standard InChI is InChI=1S/C12H20N4O5/c13-6-10(18)16-5-1-2-8(16)11(19)15-7(12(20)21)3-4-9(14)17/h7-8H,1-6,13H2,(H2,14,17)(H,15,19)(H,20,21)/t7?,8-/m0/s1. The molecule has 0 saturated carbocycles. The minimum atomic E-state index is -1.25. The summed E-state index contributed by atoms with van der Waals surface area (Å²) in [7, 11) is 0. The summed E-state index contributed by atoms with van der Waals surface area (Å²) in [6.45, 7) is 0.223. The van der Waals surface area contributed by atoms with Gasteiger partial charge in [-0.15, -0.1) is 0 Å². The predicted molar refractivity (Wildman–Crippen MR) is 71.8 cm³/mol. The Hall–Kier alpha value is -2.16. The maximum atomic E-state index is 12.1. The normalized spacial score (nSPS) is 19.1. The molecule has 9 nitrogen and oxygen atoms in total. The van der Waals surface area contributed by atoms with E-state index in [1.165, 1.54) is 4.90 Å². The van der Waals surface area contributed by atoms with E-state index in [1.807, 2.05) is 0 Å². The van der Waals surface area contributed by atoms with Crippen molar-refractivity contribution in [2.24, 2.45) is 11.5 Å². The molecule has 0 aromatic carbocycles. The first-order valence-corrected chi connectivity index (χ1v) is 6.67.